The molecule has 0 unspecified atom stereocenters. The Morgan fingerprint density at radius 1 is 1.26 bits per heavy atom. The Kier molecular flexibility index (Phi) is 7.99. The highest BCUT2D eigenvalue weighted by Crippen LogP contribution is 2.24. The van der Waals surface area contributed by atoms with Gasteiger partial charge >= 0.3 is 0 Å². The molecule has 2 nitrogen and oxygen atoms in total. The molecule has 2 heteroatoms. The fraction of sp³-hybridized carbons (Fsp3) is 0.529. The number of hydrogen-bond donors (Lipinski definition) is 1. The fourth-order valence-electron chi connectivity index (χ4n) is 2.13. The summed E-state index contributed by atoms with van der Waals surface area (Å²) in [5.41, 5.74) is 2.46. The van der Waals surface area contributed by atoms with E-state index in [4.69, 9.17) is 4.74 Å². The maximum Gasteiger partial charge on any atom is 0.125 e. The first-order chi connectivity index (χ1) is 9.29. The Morgan fingerprint density at radius 3 is 2.79 bits per heavy atom. The second-order valence-electron chi connectivity index (χ2n) is 4.98. The summed E-state index contributed by atoms with van der Waals surface area (Å²) in [6.07, 6.45) is 6.49. The Balaban J connectivity index is 2.34. The quantitative estimate of drug-likeness (QED) is 0.509. The molecule has 0 saturated heterocycles. The summed E-state index contributed by atoms with van der Waals surface area (Å²) >= 11 is 0. The van der Waals surface area contributed by atoms with Crippen molar-refractivity contribution in [2.45, 2.75) is 39.5 Å². The van der Waals surface area contributed by atoms with E-state index >= 15 is 0 Å². The predicted octanol–water partition coefficient (Wildman–Crippen LogP) is 2.86. The summed E-state index contributed by atoms with van der Waals surface area (Å²) in [6, 6.07) is 6.31. The SMILES string of the molecule is C=CCc1cccc(C)c1OCCC[NH2+]CCCC. The normalized spacial score (nSPS) is 10.4. The van der Waals surface area contributed by atoms with Crippen LogP contribution in [0.1, 0.15) is 37.3 Å². The first-order valence-corrected chi connectivity index (χ1v) is 7.43. The molecule has 1 aromatic carbocycles. The smallest absolute Gasteiger partial charge is 0.125 e. The van der Waals surface area contributed by atoms with Crippen molar-refractivity contribution in [1.29, 1.82) is 0 Å². The van der Waals surface area contributed by atoms with Crippen LogP contribution >= 0.6 is 0 Å². The van der Waals surface area contributed by atoms with Gasteiger partial charge in [-0.25, -0.2) is 0 Å². The second-order valence-corrected chi connectivity index (χ2v) is 4.98. The van der Waals surface area contributed by atoms with E-state index in [1.54, 1.807) is 0 Å². The van der Waals surface area contributed by atoms with Crippen molar-refractivity contribution in [2.75, 3.05) is 19.7 Å². The van der Waals surface area contributed by atoms with Crippen LogP contribution in [0.25, 0.3) is 0 Å². The summed E-state index contributed by atoms with van der Waals surface area (Å²) in [6.45, 7) is 11.3. The summed E-state index contributed by atoms with van der Waals surface area (Å²) in [5.74, 6) is 1.05. The number of benzene rings is 1. The van der Waals surface area contributed by atoms with Crippen LogP contribution in [0.4, 0.5) is 0 Å². The lowest BCUT2D eigenvalue weighted by Crippen LogP contribution is -2.84. The molecule has 0 radical (unpaired) electrons. The average Bonchev–Trinajstić information content (AvgIpc) is 2.41. The van der Waals surface area contributed by atoms with Crippen molar-refractivity contribution in [2.24, 2.45) is 0 Å². The van der Waals surface area contributed by atoms with Crippen LogP contribution in [0.3, 0.4) is 0 Å². The maximum atomic E-state index is 5.96. The van der Waals surface area contributed by atoms with Gasteiger partial charge in [-0.2, -0.15) is 0 Å². The number of unbranched alkanes of at least 4 members (excludes halogenated alkanes) is 1. The van der Waals surface area contributed by atoms with E-state index in [-0.39, 0.29) is 0 Å². The van der Waals surface area contributed by atoms with E-state index in [1.807, 2.05) is 6.08 Å². The maximum absolute atomic E-state index is 5.96. The van der Waals surface area contributed by atoms with Crippen molar-refractivity contribution in [3.63, 3.8) is 0 Å². The lowest BCUT2D eigenvalue weighted by molar-refractivity contribution is -0.655. The van der Waals surface area contributed by atoms with Gasteiger partial charge in [0.15, 0.2) is 0 Å². The highest BCUT2D eigenvalue weighted by Gasteiger charge is 2.05. The van der Waals surface area contributed by atoms with Gasteiger partial charge in [0, 0.05) is 6.42 Å². The Labute approximate surface area is 117 Å². The van der Waals surface area contributed by atoms with Gasteiger partial charge < -0.3 is 10.1 Å². The molecule has 0 fully saturated rings. The number of aryl methyl sites for hydroxylation is 1. The molecule has 0 saturated carbocycles. The van der Waals surface area contributed by atoms with Crippen molar-refractivity contribution in [3.8, 4) is 5.75 Å². The third-order valence-corrected chi connectivity index (χ3v) is 3.22. The number of nitrogens with two attached hydrogens (primary N) is 1. The predicted molar refractivity (Wildman–Crippen MR) is 81.8 cm³/mol. The molecular weight excluding hydrogens is 234 g/mol. The van der Waals surface area contributed by atoms with E-state index in [2.05, 4.69) is 43.9 Å². The molecule has 0 aromatic heterocycles. The molecule has 0 aliphatic heterocycles. The van der Waals surface area contributed by atoms with Gasteiger partial charge in [-0.15, -0.1) is 6.58 Å². The Hall–Kier alpha value is -1.28. The van der Waals surface area contributed by atoms with Gasteiger partial charge in [-0.1, -0.05) is 37.6 Å². The summed E-state index contributed by atoms with van der Waals surface area (Å²) < 4.78 is 5.96. The van der Waals surface area contributed by atoms with Crippen molar-refractivity contribution in [3.05, 3.63) is 42.0 Å². The van der Waals surface area contributed by atoms with E-state index in [9.17, 15) is 0 Å². The molecule has 0 aliphatic rings. The van der Waals surface area contributed by atoms with E-state index in [0.29, 0.717) is 0 Å². The van der Waals surface area contributed by atoms with Crippen LogP contribution < -0.4 is 10.1 Å². The zero-order valence-corrected chi connectivity index (χ0v) is 12.5. The number of para-hydroxylation sites is 1. The van der Waals surface area contributed by atoms with E-state index in [0.717, 1.165) is 31.7 Å². The standard InChI is InChI=1S/C17H27NO/c1-4-6-12-18-13-8-14-19-17-15(3)10-7-11-16(17)9-5-2/h5,7,10-11,18H,2,4,6,8-9,12-14H2,1,3H3/p+1. The van der Waals surface area contributed by atoms with Crippen molar-refractivity contribution < 1.29 is 10.1 Å². The Bertz CT molecular complexity index is 374. The third-order valence-electron chi connectivity index (χ3n) is 3.22. The largest absolute Gasteiger partial charge is 0.493 e. The molecule has 0 amide bonds. The molecule has 106 valence electrons. The number of quaternary nitrogens is 1. The van der Waals surface area contributed by atoms with E-state index in [1.165, 1.54) is 30.5 Å². The van der Waals surface area contributed by atoms with Gasteiger partial charge in [0.25, 0.3) is 0 Å². The molecule has 19 heavy (non-hydrogen) atoms. The topological polar surface area (TPSA) is 25.8 Å². The van der Waals surface area contributed by atoms with Gasteiger partial charge in [0.2, 0.25) is 0 Å². The third kappa shape index (κ3) is 5.93. The molecule has 1 rings (SSSR count). The monoisotopic (exact) mass is 262 g/mol. The molecular formula is C17H28NO+. The van der Waals surface area contributed by atoms with Gasteiger partial charge in [0.1, 0.15) is 5.75 Å². The zero-order chi connectivity index (χ0) is 13.9. The van der Waals surface area contributed by atoms with E-state index < -0.39 is 0 Å². The van der Waals surface area contributed by atoms with Gasteiger partial charge in [0.05, 0.1) is 19.7 Å². The Morgan fingerprint density at radius 2 is 2.05 bits per heavy atom. The first-order valence-electron chi connectivity index (χ1n) is 7.43. The minimum absolute atomic E-state index is 0.803. The van der Waals surface area contributed by atoms with Crippen LogP contribution in [0.5, 0.6) is 5.75 Å². The molecule has 0 bridgehead atoms. The number of allylic oxidation sites excluding steroid dienone is 1. The fourth-order valence-corrected chi connectivity index (χ4v) is 2.13. The lowest BCUT2D eigenvalue weighted by Gasteiger charge is -2.13. The van der Waals surface area contributed by atoms with Gasteiger partial charge in [-0.05, 0) is 30.9 Å². The second kappa shape index (κ2) is 9.62. The van der Waals surface area contributed by atoms with Crippen molar-refractivity contribution >= 4 is 0 Å². The molecule has 1 aromatic rings. The summed E-state index contributed by atoms with van der Waals surface area (Å²) in [7, 11) is 0. The number of rotatable bonds is 10. The molecule has 0 aliphatic carbocycles. The summed E-state index contributed by atoms with van der Waals surface area (Å²) in [5, 5.41) is 2.38. The highest BCUT2D eigenvalue weighted by molar-refractivity contribution is 5.41. The molecule has 0 atom stereocenters. The van der Waals surface area contributed by atoms with Crippen LogP contribution in [-0.2, 0) is 6.42 Å². The molecule has 2 N–H and O–H groups in total. The highest BCUT2D eigenvalue weighted by atomic mass is 16.5. The minimum atomic E-state index is 0.803. The molecule has 0 heterocycles. The van der Waals surface area contributed by atoms with Crippen LogP contribution in [0.2, 0.25) is 0 Å². The van der Waals surface area contributed by atoms with Crippen LogP contribution in [0.15, 0.2) is 30.9 Å². The zero-order valence-electron chi connectivity index (χ0n) is 12.5. The van der Waals surface area contributed by atoms with Crippen LogP contribution in [0, 0.1) is 6.92 Å². The van der Waals surface area contributed by atoms with Crippen molar-refractivity contribution in [1.82, 2.24) is 0 Å². The molecule has 0 spiro atoms. The first kappa shape index (κ1) is 15.8. The lowest BCUT2D eigenvalue weighted by atomic mass is 10.1. The number of ether oxygens (including phenoxy) is 1. The summed E-state index contributed by atoms with van der Waals surface area (Å²) in [4.78, 5) is 0. The number of hydrogen-bond acceptors (Lipinski definition) is 1. The minimum Gasteiger partial charge on any atom is -0.493 e. The van der Waals surface area contributed by atoms with Gasteiger partial charge in [-0.3, -0.25) is 0 Å². The van der Waals surface area contributed by atoms with Crippen LogP contribution in [-0.4, -0.2) is 19.7 Å². The average molecular weight is 262 g/mol.